The molecule has 0 spiro atoms. The van der Waals surface area contributed by atoms with E-state index in [2.05, 4.69) is 12.6 Å². The van der Waals surface area contributed by atoms with Crippen LogP contribution < -0.4 is 0 Å². The van der Waals surface area contributed by atoms with E-state index in [9.17, 15) is 9.59 Å². The normalized spacial score (nSPS) is 19.0. The number of nitrogens with zero attached hydrogens (tertiary/aromatic N) is 2. The minimum absolute atomic E-state index is 0.150. The van der Waals surface area contributed by atoms with Crippen LogP contribution in [0.3, 0.4) is 0 Å². The zero-order valence-corrected chi connectivity index (χ0v) is 14.7. The van der Waals surface area contributed by atoms with E-state index in [0.717, 1.165) is 5.56 Å². The molecule has 0 radical (unpaired) electrons. The highest BCUT2D eigenvalue weighted by molar-refractivity contribution is 7.80. The average Bonchev–Trinajstić information content (AvgIpc) is 2.51. The minimum Gasteiger partial charge on any atom is -0.309 e. The van der Waals surface area contributed by atoms with E-state index in [1.807, 2.05) is 32.0 Å². The van der Waals surface area contributed by atoms with Crippen LogP contribution in [0.2, 0.25) is 5.02 Å². The molecule has 0 N–H and O–H groups in total. The highest BCUT2D eigenvalue weighted by atomic mass is 35.5. The first-order valence-corrected chi connectivity index (χ1v) is 8.33. The lowest BCUT2D eigenvalue weighted by molar-refractivity contribution is -0.145. The van der Waals surface area contributed by atoms with Gasteiger partial charge in [0.05, 0.1) is 0 Å². The van der Waals surface area contributed by atoms with Crippen molar-refractivity contribution in [1.29, 1.82) is 0 Å². The second kappa shape index (κ2) is 7.70. The maximum Gasteiger partial charge on any atom is 0.261 e. The van der Waals surface area contributed by atoms with Gasteiger partial charge in [-0.2, -0.15) is 0 Å². The fourth-order valence-electron chi connectivity index (χ4n) is 2.40. The van der Waals surface area contributed by atoms with Crippen LogP contribution in [-0.4, -0.2) is 40.2 Å². The second-order valence-corrected chi connectivity index (χ2v) is 5.92. The second-order valence-electron chi connectivity index (χ2n) is 5.02. The molecule has 0 saturated carbocycles. The minimum atomic E-state index is -0.515. The first-order chi connectivity index (χ1) is 11.0. The van der Waals surface area contributed by atoms with Gasteiger partial charge in [-0.15, -0.1) is 12.6 Å². The number of hydrogen-bond acceptors (Lipinski definition) is 3. The lowest BCUT2D eigenvalue weighted by Gasteiger charge is -2.40. The van der Waals surface area contributed by atoms with Crippen molar-refractivity contribution in [3.8, 4) is 0 Å². The van der Waals surface area contributed by atoms with Crippen LogP contribution in [0.5, 0.6) is 0 Å². The number of benzene rings is 1. The Kier molecular flexibility index (Phi) is 5.91. The number of likely N-dealkylation sites (N-methyl/N-ethyl adjacent to an activating group) is 2. The molecular weight excluding hydrogens is 332 g/mol. The Hall–Kier alpha value is -1.72. The van der Waals surface area contributed by atoms with Crippen molar-refractivity contribution in [2.24, 2.45) is 0 Å². The SMILES string of the molecule is CCN1C(=O)C(=C/C=C/c2cccc(Cl)c2)C(=O)N(CC)C1S. The molecule has 122 valence electrons. The predicted molar refractivity (Wildman–Crippen MR) is 96.1 cm³/mol. The highest BCUT2D eigenvalue weighted by Gasteiger charge is 2.38. The zero-order valence-electron chi connectivity index (χ0n) is 13.1. The molecule has 0 atom stereocenters. The lowest BCUT2D eigenvalue weighted by Crippen LogP contribution is -2.57. The molecule has 4 nitrogen and oxygen atoms in total. The molecule has 6 heteroatoms. The first-order valence-electron chi connectivity index (χ1n) is 7.43. The number of halogens is 1. The van der Waals surface area contributed by atoms with E-state index in [-0.39, 0.29) is 17.4 Å². The Morgan fingerprint density at radius 2 is 1.78 bits per heavy atom. The third-order valence-electron chi connectivity index (χ3n) is 3.62. The van der Waals surface area contributed by atoms with Gasteiger partial charge in [-0.3, -0.25) is 9.59 Å². The van der Waals surface area contributed by atoms with Crippen LogP contribution in [0.4, 0.5) is 0 Å². The summed E-state index contributed by atoms with van der Waals surface area (Å²) in [5.41, 5.74) is 0.535. The Morgan fingerprint density at radius 1 is 1.17 bits per heavy atom. The largest absolute Gasteiger partial charge is 0.309 e. The maximum atomic E-state index is 12.4. The van der Waals surface area contributed by atoms with E-state index in [1.54, 1.807) is 34.1 Å². The van der Waals surface area contributed by atoms with Crippen LogP contribution in [0.1, 0.15) is 19.4 Å². The molecular formula is C17H19ClN2O2S. The monoisotopic (exact) mass is 350 g/mol. The van der Waals surface area contributed by atoms with Crippen molar-refractivity contribution < 1.29 is 9.59 Å². The molecule has 1 aromatic carbocycles. The van der Waals surface area contributed by atoms with E-state index in [1.165, 1.54) is 0 Å². The van der Waals surface area contributed by atoms with Gasteiger partial charge >= 0.3 is 0 Å². The van der Waals surface area contributed by atoms with E-state index in [4.69, 9.17) is 11.6 Å². The third kappa shape index (κ3) is 3.79. The van der Waals surface area contributed by atoms with Gasteiger partial charge in [-0.05, 0) is 37.6 Å². The maximum absolute atomic E-state index is 12.4. The summed E-state index contributed by atoms with van der Waals surface area (Å²) in [6.45, 7) is 4.71. The molecule has 1 aliphatic heterocycles. The zero-order chi connectivity index (χ0) is 17.0. The molecule has 0 bridgehead atoms. The quantitative estimate of drug-likeness (QED) is 0.514. The van der Waals surface area contributed by atoms with Gasteiger partial charge in [0.1, 0.15) is 5.57 Å². The summed E-state index contributed by atoms with van der Waals surface area (Å²) in [5, 5.41) is 0.636. The predicted octanol–water partition coefficient (Wildman–Crippen LogP) is 3.20. The van der Waals surface area contributed by atoms with Gasteiger partial charge in [0.15, 0.2) is 5.50 Å². The number of rotatable bonds is 4. The van der Waals surface area contributed by atoms with Crippen LogP contribution in [-0.2, 0) is 9.59 Å². The first kappa shape index (κ1) is 17.6. The number of amides is 2. The Morgan fingerprint density at radius 3 is 2.30 bits per heavy atom. The molecule has 2 amide bonds. The van der Waals surface area contributed by atoms with Gasteiger partial charge in [-0.1, -0.05) is 35.9 Å². The number of allylic oxidation sites excluding steroid dienone is 2. The van der Waals surface area contributed by atoms with Crippen molar-refractivity contribution in [2.45, 2.75) is 19.3 Å². The molecule has 1 fully saturated rings. The van der Waals surface area contributed by atoms with Gasteiger partial charge in [0.2, 0.25) is 0 Å². The molecule has 23 heavy (non-hydrogen) atoms. The van der Waals surface area contributed by atoms with Crippen molar-refractivity contribution in [3.05, 3.63) is 52.6 Å². The van der Waals surface area contributed by atoms with Crippen molar-refractivity contribution in [1.82, 2.24) is 9.80 Å². The van der Waals surface area contributed by atoms with Crippen LogP contribution in [0, 0.1) is 0 Å². The molecule has 0 unspecified atom stereocenters. The smallest absolute Gasteiger partial charge is 0.261 e. The van der Waals surface area contributed by atoms with Crippen molar-refractivity contribution >= 4 is 42.1 Å². The van der Waals surface area contributed by atoms with E-state index in [0.29, 0.717) is 18.1 Å². The van der Waals surface area contributed by atoms with Crippen LogP contribution in [0.25, 0.3) is 6.08 Å². The lowest BCUT2D eigenvalue weighted by atomic mass is 10.1. The Bertz CT molecular complexity index is 646. The van der Waals surface area contributed by atoms with Gasteiger partial charge in [0.25, 0.3) is 11.8 Å². The molecule has 0 aromatic heterocycles. The summed E-state index contributed by atoms with van der Waals surface area (Å²) in [6, 6.07) is 7.33. The summed E-state index contributed by atoms with van der Waals surface area (Å²) in [4.78, 5) is 28.0. The van der Waals surface area contributed by atoms with Crippen LogP contribution in [0.15, 0.2) is 42.0 Å². The summed E-state index contributed by atoms with van der Waals surface area (Å²) in [7, 11) is 0. The molecule has 1 aromatic rings. The molecule has 0 aliphatic carbocycles. The van der Waals surface area contributed by atoms with Crippen molar-refractivity contribution in [3.63, 3.8) is 0 Å². The molecule has 1 aliphatic rings. The fraction of sp³-hybridized carbons (Fsp3) is 0.294. The van der Waals surface area contributed by atoms with E-state index < -0.39 is 5.50 Å². The average molecular weight is 351 g/mol. The van der Waals surface area contributed by atoms with Gasteiger partial charge < -0.3 is 9.80 Å². The van der Waals surface area contributed by atoms with Gasteiger partial charge in [0, 0.05) is 18.1 Å². The van der Waals surface area contributed by atoms with Crippen molar-refractivity contribution in [2.75, 3.05) is 13.1 Å². The third-order valence-corrected chi connectivity index (χ3v) is 4.41. The standard InChI is InChI=1S/C17H19ClN2O2S/c1-3-19-15(21)14(16(22)20(4-2)17(19)23)10-6-8-12-7-5-9-13(18)11-12/h5-11,17,23H,3-4H2,1-2H3/b8-6+,14-10?. The summed E-state index contributed by atoms with van der Waals surface area (Å²) in [5.74, 6) is -0.587. The Balaban J connectivity index is 2.28. The van der Waals surface area contributed by atoms with Crippen LogP contribution >= 0.6 is 24.2 Å². The number of carbonyl (C=O) groups excluding carboxylic acids is 2. The Labute approximate surface area is 146 Å². The molecule has 2 rings (SSSR count). The van der Waals surface area contributed by atoms with Gasteiger partial charge in [-0.25, -0.2) is 0 Å². The topological polar surface area (TPSA) is 40.6 Å². The number of carbonyl (C=O) groups is 2. The molecule has 1 saturated heterocycles. The summed E-state index contributed by atoms with van der Waals surface area (Å²) in [6.07, 6.45) is 5.05. The van der Waals surface area contributed by atoms with E-state index >= 15 is 0 Å². The number of thiol groups is 1. The number of hydrogen-bond donors (Lipinski definition) is 1. The fourth-order valence-corrected chi connectivity index (χ4v) is 3.14. The summed E-state index contributed by atoms with van der Waals surface area (Å²) >= 11 is 10.3. The molecule has 1 heterocycles. The summed E-state index contributed by atoms with van der Waals surface area (Å²) < 4.78 is 0. The highest BCUT2D eigenvalue weighted by Crippen LogP contribution is 2.23.